The molecule has 3 rings (SSSR count). The molecular formula is C18H18N4O4. The average Bonchev–Trinajstić information content (AvgIpc) is 3.06. The second-order valence-corrected chi connectivity index (χ2v) is 5.40. The molecule has 0 radical (unpaired) electrons. The number of rotatable bonds is 6. The van der Waals surface area contributed by atoms with Crippen LogP contribution in [0.1, 0.15) is 16.1 Å². The third kappa shape index (κ3) is 3.92. The van der Waals surface area contributed by atoms with Gasteiger partial charge in [0.15, 0.2) is 17.3 Å². The zero-order chi connectivity index (χ0) is 18.5. The lowest BCUT2D eigenvalue weighted by Crippen LogP contribution is -2.12. The number of benzene rings is 1. The number of ether oxygens (including phenoxy) is 2. The second-order valence-electron chi connectivity index (χ2n) is 5.40. The molecule has 1 amide bonds. The Morgan fingerprint density at radius 2 is 1.85 bits per heavy atom. The predicted octanol–water partition coefficient (Wildman–Crippen LogP) is 3.39. The molecule has 0 unspecified atom stereocenters. The van der Waals surface area contributed by atoms with E-state index >= 15 is 0 Å². The first-order chi connectivity index (χ1) is 12.6. The fraction of sp³-hybridized carbons (Fsp3) is 0.167. The molecule has 2 heterocycles. The van der Waals surface area contributed by atoms with E-state index in [1.165, 1.54) is 7.11 Å². The molecule has 8 heteroatoms. The highest BCUT2D eigenvalue weighted by molar-refractivity contribution is 6.04. The lowest BCUT2D eigenvalue weighted by atomic mass is 10.2. The Morgan fingerprint density at radius 3 is 2.54 bits per heavy atom. The Balaban J connectivity index is 1.74. The molecule has 2 N–H and O–H groups in total. The van der Waals surface area contributed by atoms with Crippen LogP contribution in [0, 0.1) is 6.92 Å². The highest BCUT2D eigenvalue weighted by Crippen LogP contribution is 2.30. The Bertz CT molecular complexity index is 923. The largest absolute Gasteiger partial charge is 0.493 e. The van der Waals surface area contributed by atoms with Crippen LogP contribution in [0.5, 0.6) is 11.5 Å². The molecule has 0 saturated heterocycles. The number of aryl methyl sites for hydroxylation is 1. The van der Waals surface area contributed by atoms with Gasteiger partial charge >= 0.3 is 0 Å². The van der Waals surface area contributed by atoms with Crippen molar-refractivity contribution < 1.29 is 18.8 Å². The van der Waals surface area contributed by atoms with E-state index in [0.717, 1.165) is 0 Å². The SMILES string of the molecule is COc1ccc(NC(=O)c2ccnc(Nc3cc(C)on3)c2)cc1OC. The fourth-order valence-electron chi connectivity index (χ4n) is 2.31. The van der Waals surface area contributed by atoms with Gasteiger partial charge in [-0.25, -0.2) is 4.98 Å². The number of aromatic nitrogens is 2. The minimum absolute atomic E-state index is 0.279. The van der Waals surface area contributed by atoms with Gasteiger partial charge in [0.2, 0.25) is 0 Å². The predicted molar refractivity (Wildman–Crippen MR) is 96.3 cm³/mol. The molecule has 3 aromatic rings. The summed E-state index contributed by atoms with van der Waals surface area (Å²) in [6.07, 6.45) is 1.54. The molecule has 0 aliphatic heterocycles. The van der Waals surface area contributed by atoms with Crippen molar-refractivity contribution >= 4 is 23.2 Å². The number of nitrogens with one attached hydrogen (secondary N) is 2. The minimum atomic E-state index is -0.279. The van der Waals surface area contributed by atoms with Crippen LogP contribution in [0.15, 0.2) is 47.1 Å². The first-order valence-corrected chi connectivity index (χ1v) is 7.79. The molecule has 0 aliphatic rings. The Hall–Kier alpha value is -3.55. The van der Waals surface area contributed by atoms with Gasteiger partial charge in [0.25, 0.3) is 5.91 Å². The number of hydrogen-bond donors (Lipinski definition) is 2. The molecule has 0 atom stereocenters. The molecule has 2 aromatic heterocycles. The highest BCUT2D eigenvalue weighted by Gasteiger charge is 2.11. The lowest BCUT2D eigenvalue weighted by molar-refractivity contribution is 0.102. The van der Waals surface area contributed by atoms with Gasteiger partial charge in [-0.05, 0) is 31.2 Å². The van der Waals surface area contributed by atoms with Crippen LogP contribution in [0.3, 0.4) is 0 Å². The summed E-state index contributed by atoms with van der Waals surface area (Å²) in [5.74, 6) is 2.52. The number of hydrogen-bond acceptors (Lipinski definition) is 7. The molecule has 1 aromatic carbocycles. The second kappa shape index (κ2) is 7.56. The number of carbonyl (C=O) groups is 1. The number of anilines is 3. The van der Waals surface area contributed by atoms with Crippen molar-refractivity contribution in [3.8, 4) is 11.5 Å². The van der Waals surface area contributed by atoms with Crippen molar-refractivity contribution in [1.82, 2.24) is 10.1 Å². The molecule has 0 fully saturated rings. The molecule has 0 bridgehead atoms. The van der Waals surface area contributed by atoms with Gasteiger partial charge in [0.1, 0.15) is 11.6 Å². The van der Waals surface area contributed by atoms with E-state index in [4.69, 9.17) is 14.0 Å². The summed E-state index contributed by atoms with van der Waals surface area (Å²) in [5, 5.41) is 9.64. The summed E-state index contributed by atoms with van der Waals surface area (Å²) < 4.78 is 15.4. The number of methoxy groups -OCH3 is 2. The first kappa shape index (κ1) is 17.3. The van der Waals surface area contributed by atoms with Gasteiger partial charge in [0.05, 0.1) is 14.2 Å². The van der Waals surface area contributed by atoms with Crippen molar-refractivity contribution in [2.24, 2.45) is 0 Å². The van der Waals surface area contributed by atoms with Crippen molar-refractivity contribution in [2.75, 3.05) is 24.9 Å². The summed E-state index contributed by atoms with van der Waals surface area (Å²) in [6, 6.07) is 10.1. The van der Waals surface area contributed by atoms with Crippen LogP contribution < -0.4 is 20.1 Å². The summed E-state index contributed by atoms with van der Waals surface area (Å²) in [7, 11) is 3.09. The Labute approximate surface area is 150 Å². The Kier molecular flexibility index (Phi) is 5.02. The average molecular weight is 354 g/mol. The van der Waals surface area contributed by atoms with E-state index in [1.807, 2.05) is 0 Å². The van der Waals surface area contributed by atoms with Crippen LogP contribution in [-0.2, 0) is 0 Å². The van der Waals surface area contributed by atoms with E-state index in [-0.39, 0.29) is 5.91 Å². The molecule has 0 aliphatic carbocycles. The van der Waals surface area contributed by atoms with E-state index in [9.17, 15) is 4.79 Å². The molecule has 134 valence electrons. The highest BCUT2D eigenvalue weighted by atomic mass is 16.5. The summed E-state index contributed by atoms with van der Waals surface area (Å²) in [5.41, 5.74) is 1.03. The summed E-state index contributed by atoms with van der Waals surface area (Å²) in [4.78, 5) is 16.7. The third-order valence-corrected chi connectivity index (χ3v) is 3.55. The zero-order valence-electron chi connectivity index (χ0n) is 14.6. The van der Waals surface area contributed by atoms with Gasteiger partial charge in [0, 0.05) is 29.6 Å². The first-order valence-electron chi connectivity index (χ1n) is 7.79. The van der Waals surface area contributed by atoms with Crippen LogP contribution in [0.4, 0.5) is 17.3 Å². The molecular weight excluding hydrogens is 336 g/mol. The maximum atomic E-state index is 12.5. The van der Waals surface area contributed by atoms with E-state index in [2.05, 4.69) is 20.8 Å². The van der Waals surface area contributed by atoms with Gasteiger partial charge in [-0.15, -0.1) is 0 Å². The van der Waals surface area contributed by atoms with Crippen molar-refractivity contribution in [3.05, 3.63) is 53.9 Å². The van der Waals surface area contributed by atoms with Gasteiger partial charge in [-0.3, -0.25) is 4.79 Å². The maximum Gasteiger partial charge on any atom is 0.255 e. The zero-order valence-corrected chi connectivity index (χ0v) is 14.6. The molecule has 26 heavy (non-hydrogen) atoms. The summed E-state index contributed by atoms with van der Waals surface area (Å²) >= 11 is 0. The van der Waals surface area contributed by atoms with Crippen LogP contribution in [-0.4, -0.2) is 30.3 Å². The summed E-state index contributed by atoms with van der Waals surface area (Å²) in [6.45, 7) is 1.79. The molecule has 8 nitrogen and oxygen atoms in total. The van der Waals surface area contributed by atoms with Gasteiger partial charge < -0.3 is 24.6 Å². The number of amides is 1. The fourth-order valence-corrected chi connectivity index (χ4v) is 2.31. The third-order valence-electron chi connectivity index (χ3n) is 3.55. The van der Waals surface area contributed by atoms with E-state index in [0.29, 0.717) is 40.1 Å². The van der Waals surface area contributed by atoms with E-state index < -0.39 is 0 Å². The number of carbonyl (C=O) groups excluding carboxylic acids is 1. The molecule has 0 spiro atoms. The minimum Gasteiger partial charge on any atom is -0.493 e. The lowest BCUT2D eigenvalue weighted by Gasteiger charge is -2.11. The number of nitrogens with zero attached hydrogens (tertiary/aromatic N) is 2. The monoisotopic (exact) mass is 354 g/mol. The Morgan fingerprint density at radius 1 is 1.04 bits per heavy atom. The van der Waals surface area contributed by atoms with Crippen LogP contribution in [0.2, 0.25) is 0 Å². The van der Waals surface area contributed by atoms with Crippen molar-refractivity contribution in [3.63, 3.8) is 0 Å². The van der Waals surface area contributed by atoms with E-state index in [1.54, 1.807) is 56.6 Å². The normalized spacial score (nSPS) is 10.3. The van der Waals surface area contributed by atoms with Crippen molar-refractivity contribution in [2.45, 2.75) is 6.92 Å². The topological polar surface area (TPSA) is 98.5 Å². The van der Waals surface area contributed by atoms with Gasteiger partial charge in [-0.1, -0.05) is 5.16 Å². The molecule has 0 saturated carbocycles. The van der Waals surface area contributed by atoms with Crippen LogP contribution in [0.25, 0.3) is 0 Å². The standard InChI is InChI=1S/C18H18N4O4/c1-11-8-17(22-26-11)21-16-9-12(6-7-19-16)18(23)20-13-4-5-14(24-2)15(10-13)25-3/h4-10H,1-3H3,(H,20,23)(H,19,21,22). The maximum absolute atomic E-state index is 12.5. The van der Waals surface area contributed by atoms with Crippen LogP contribution >= 0.6 is 0 Å². The van der Waals surface area contributed by atoms with Crippen molar-refractivity contribution in [1.29, 1.82) is 0 Å². The smallest absolute Gasteiger partial charge is 0.255 e. The quantitative estimate of drug-likeness (QED) is 0.700. The number of pyridine rings is 1. The van der Waals surface area contributed by atoms with Gasteiger partial charge in [-0.2, -0.15) is 0 Å².